The Morgan fingerprint density at radius 1 is 1.40 bits per heavy atom. The van der Waals surface area contributed by atoms with Crippen LogP contribution in [0.3, 0.4) is 0 Å². The van der Waals surface area contributed by atoms with Gasteiger partial charge in [0.05, 0.1) is 5.56 Å². The van der Waals surface area contributed by atoms with E-state index in [2.05, 4.69) is 4.74 Å². The van der Waals surface area contributed by atoms with E-state index >= 15 is 0 Å². The summed E-state index contributed by atoms with van der Waals surface area (Å²) >= 11 is 0. The van der Waals surface area contributed by atoms with Crippen molar-refractivity contribution in [2.24, 2.45) is 0 Å². The summed E-state index contributed by atoms with van der Waals surface area (Å²) < 4.78 is 41.2. The Hall–Kier alpha value is -1.52. The second kappa shape index (κ2) is 4.33. The molecule has 0 saturated heterocycles. The van der Waals surface area contributed by atoms with Gasteiger partial charge in [-0.05, 0) is 26.0 Å². The van der Waals surface area contributed by atoms with Crippen molar-refractivity contribution >= 4 is 5.78 Å². The van der Waals surface area contributed by atoms with Gasteiger partial charge in [-0.25, -0.2) is 4.39 Å². The average molecular weight is 218 g/mol. The van der Waals surface area contributed by atoms with E-state index in [1.54, 1.807) is 0 Å². The normalized spacial score (nSPS) is 10.5. The van der Waals surface area contributed by atoms with Crippen LogP contribution in [0.2, 0.25) is 0 Å². The van der Waals surface area contributed by atoms with Crippen molar-refractivity contribution in [3.63, 3.8) is 0 Å². The lowest BCUT2D eigenvalue weighted by molar-refractivity contribution is -0.0507. The van der Waals surface area contributed by atoms with Crippen LogP contribution in [0.5, 0.6) is 5.75 Å². The maximum absolute atomic E-state index is 13.0. The zero-order chi connectivity index (χ0) is 11.6. The lowest BCUT2D eigenvalue weighted by Crippen LogP contribution is -2.09. The number of hydrogen-bond donors (Lipinski definition) is 0. The second-order valence-corrected chi connectivity index (χ2v) is 2.98. The number of halogens is 3. The van der Waals surface area contributed by atoms with E-state index in [0.29, 0.717) is 0 Å². The van der Waals surface area contributed by atoms with E-state index in [4.69, 9.17) is 0 Å². The summed E-state index contributed by atoms with van der Waals surface area (Å²) in [5.74, 6) is -1.53. The highest BCUT2D eigenvalue weighted by atomic mass is 19.3. The molecule has 1 aromatic rings. The highest BCUT2D eigenvalue weighted by Gasteiger charge is 2.17. The van der Waals surface area contributed by atoms with E-state index in [9.17, 15) is 18.0 Å². The summed E-state index contributed by atoms with van der Waals surface area (Å²) in [6, 6.07) is 2.17. The Balaban J connectivity index is 3.28. The van der Waals surface area contributed by atoms with Gasteiger partial charge in [0.25, 0.3) is 0 Å². The van der Waals surface area contributed by atoms with Gasteiger partial charge in [0.15, 0.2) is 5.78 Å². The molecule has 0 aromatic heterocycles. The van der Waals surface area contributed by atoms with E-state index in [1.165, 1.54) is 13.8 Å². The van der Waals surface area contributed by atoms with Crippen molar-refractivity contribution in [2.75, 3.05) is 0 Å². The first-order chi connectivity index (χ1) is 6.93. The Kier molecular flexibility index (Phi) is 3.34. The number of alkyl halides is 2. The minimum absolute atomic E-state index is 0.0470. The lowest BCUT2D eigenvalue weighted by atomic mass is 10.1. The monoisotopic (exact) mass is 218 g/mol. The molecule has 1 aromatic carbocycles. The molecule has 0 saturated carbocycles. The van der Waals surface area contributed by atoms with Gasteiger partial charge in [0.1, 0.15) is 11.6 Å². The maximum atomic E-state index is 13.0. The third-order valence-corrected chi connectivity index (χ3v) is 1.93. The summed E-state index contributed by atoms with van der Waals surface area (Å²) in [6.07, 6.45) is 0. The fourth-order valence-electron chi connectivity index (χ4n) is 1.19. The summed E-state index contributed by atoms with van der Waals surface area (Å²) in [7, 11) is 0. The molecule has 0 aliphatic carbocycles. The van der Waals surface area contributed by atoms with Crippen molar-refractivity contribution in [2.45, 2.75) is 20.5 Å². The van der Waals surface area contributed by atoms with Crippen LogP contribution in [0.25, 0.3) is 0 Å². The van der Waals surface area contributed by atoms with Gasteiger partial charge in [0.2, 0.25) is 0 Å². The number of carbonyl (C=O) groups is 1. The third-order valence-electron chi connectivity index (χ3n) is 1.93. The molecular formula is C10H9F3O2. The number of ketones is 1. The highest BCUT2D eigenvalue weighted by molar-refractivity contribution is 5.97. The van der Waals surface area contributed by atoms with Crippen LogP contribution in [0.15, 0.2) is 12.1 Å². The molecule has 0 bridgehead atoms. The smallest absolute Gasteiger partial charge is 0.387 e. The molecule has 0 amide bonds. The summed E-state index contributed by atoms with van der Waals surface area (Å²) in [4.78, 5) is 11.1. The molecule has 0 aliphatic heterocycles. The van der Waals surface area contributed by atoms with E-state index in [0.717, 1.165) is 12.1 Å². The Morgan fingerprint density at radius 2 is 2.00 bits per heavy atom. The first-order valence-corrected chi connectivity index (χ1v) is 4.18. The molecule has 1 rings (SSSR count). The minimum Gasteiger partial charge on any atom is -0.434 e. The summed E-state index contributed by atoms with van der Waals surface area (Å²) in [5.41, 5.74) is -0.141. The number of ether oxygens (including phenoxy) is 1. The highest BCUT2D eigenvalue weighted by Crippen LogP contribution is 2.27. The van der Waals surface area contributed by atoms with Gasteiger partial charge < -0.3 is 4.74 Å². The molecule has 82 valence electrons. The molecule has 0 N–H and O–H groups in total. The van der Waals surface area contributed by atoms with Crippen LogP contribution in [-0.2, 0) is 0 Å². The molecule has 0 spiro atoms. The van der Waals surface area contributed by atoms with Gasteiger partial charge in [-0.1, -0.05) is 0 Å². The largest absolute Gasteiger partial charge is 0.434 e. The minimum atomic E-state index is -3.08. The Bertz CT molecular complexity index is 388. The van der Waals surface area contributed by atoms with Crippen LogP contribution in [0, 0.1) is 12.7 Å². The van der Waals surface area contributed by atoms with Gasteiger partial charge >= 0.3 is 6.61 Å². The average Bonchev–Trinajstić information content (AvgIpc) is 2.12. The van der Waals surface area contributed by atoms with Crippen LogP contribution >= 0.6 is 0 Å². The molecule has 0 heterocycles. The van der Waals surface area contributed by atoms with Gasteiger partial charge in [-0.3, -0.25) is 4.79 Å². The fraction of sp³-hybridized carbons (Fsp3) is 0.300. The number of carbonyl (C=O) groups excluding carboxylic acids is 1. The van der Waals surface area contributed by atoms with Crippen LogP contribution in [-0.4, -0.2) is 12.4 Å². The second-order valence-electron chi connectivity index (χ2n) is 2.98. The maximum Gasteiger partial charge on any atom is 0.387 e. The van der Waals surface area contributed by atoms with Crippen LogP contribution in [0.4, 0.5) is 13.2 Å². The van der Waals surface area contributed by atoms with Crippen molar-refractivity contribution in [3.8, 4) is 5.75 Å². The predicted molar refractivity (Wildman–Crippen MR) is 47.8 cm³/mol. The third kappa shape index (κ3) is 2.49. The fourth-order valence-corrected chi connectivity index (χ4v) is 1.19. The molecular weight excluding hydrogens is 209 g/mol. The van der Waals surface area contributed by atoms with E-state index < -0.39 is 24.0 Å². The lowest BCUT2D eigenvalue weighted by Gasteiger charge is -2.11. The molecule has 0 atom stereocenters. The van der Waals surface area contributed by atoms with E-state index in [-0.39, 0.29) is 11.1 Å². The number of benzene rings is 1. The molecule has 0 unspecified atom stereocenters. The number of hydrogen-bond acceptors (Lipinski definition) is 2. The standard InChI is InChI=1S/C10H9F3O2/c1-5-8(11)4-3-7(6(2)14)9(5)15-10(12)13/h3-4,10H,1-2H3. The quantitative estimate of drug-likeness (QED) is 0.729. The number of rotatable bonds is 3. The predicted octanol–water partition coefficient (Wildman–Crippen LogP) is 2.94. The first kappa shape index (κ1) is 11.6. The molecule has 5 heteroatoms. The zero-order valence-corrected chi connectivity index (χ0v) is 8.18. The number of Topliss-reactive ketones (excluding diaryl/α,β-unsaturated/α-hetero) is 1. The molecule has 0 fully saturated rings. The molecule has 15 heavy (non-hydrogen) atoms. The van der Waals surface area contributed by atoms with Gasteiger partial charge in [0, 0.05) is 5.56 Å². The first-order valence-electron chi connectivity index (χ1n) is 4.18. The summed E-state index contributed by atoms with van der Waals surface area (Å²) in [5, 5.41) is 0. The van der Waals surface area contributed by atoms with Gasteiger partial charge in [-0.2, -0.15) is 8.78 Å². The summed E-state index contributed by atoms with van der Waals surface area (Å²) in [6.45, 7) is -0.603. The Labute approximate surface area is 84.7 Å². The molecule has 2 nitrogen and oxygen atoms in total. The van der Waals surface area contributed by atoms with Crippen molar-refractivity contribution in [3.05, 3.63) is 29.1 Å². The van der Waals surface area contributed by atoms with Crippen molar-refractivity contribution in [1.82, 2.24) is 0 Å². The molecule has 0 aliphatic rings. The van der Waals surface area contributed by atoms with Gasteiger partial charge in [-0.15, -0.1) is 0 Å². The van der Waals surface area contributed by atoms with Crippen LogP contribution < -0.4 is 4.74 Å². The van der Waals surface area contributed by atoms with Crippen molar-refractivity contribution in [1.29, 1.82) is 0 Å². The zero-order valence-electron chi connectivity index (χ0n) is 8.18. The molecule has 0 radical (unpaired) electrons. The van der Waals surface area contributed by atoms with Crippen molar-refractivity contribution < 1.29 is 22.7 Å². The van der Waals surface area contributed by atoms with Crippen LogP contribution in [0.1, 0.15) is 22.8 Å². The topological polar surface area (TPSA) is 26.3 Å². The SMILES string of the molecule is CC(=O)c1ccc(F)c(C)c1OC(F)F. The van der Waals surface area contributed by atoms with E-state index in [1.807, 2.05) is 0 Å². The Morgan fingerprint density at radius 3 is 2.47 bits per heavy atom.